The van der Waals surface area contributed by atoms with Gasteiger partial charge in [-0.25, -0.2) is 4.68 Å². The van der Waals surface area contributed by atoms with Crippen molar-refractivity contribution in [2.24, 2.45) is 10.2 Å². The molecule has 0 N–H and O–H groups in total. The van der Waals surface area contributed by atoms with Gasteiger partial charge in [0.2, 0.25) is 5.88 Å². The molecule has 130 valence electrons. The summed E-state index contributed by atoms with van der Waals surface area (Å²) in [6.07, 6.45) is 2.28. The fraction of sp³-hybridized carbons (Fsp3) is 0.353. The van der Waals surface area contributed by atoms with Crippen LogP contribution in [-0.4, -0.2) is 22.1 Å². The van der Waals surface area contributed by atoms with Crippen LogP contribution < -0.4 is 4.74 Å². The Labute approximate surface area is 142 Å². The van der Waals surface area contributed by atoms with E-state index in [0.717, 1.165) is 10.7 Å². The van der Waals surface area contributed by atoms with E-state index in [2.05, 4.69) is 21.2 Å². The lowest BCUT2D eigenvalue weighted by atomic mass is 10.1. The van der Waals surface area contributed by atoms with Gasteiger partial charge in [-0.15, -0.1) is 12.3 Å². The molecule has 0 saturated heterocycles. The molecule has 1 aliphatic rings. The molecule has 1 aromatic heterocycles. The highest BCUT2D eigenvalue weighted by Crippen LogP contribution is 2.37. The predicted octanol–water partition coefficient (Wildman–Crippen LogP) is 4.24. The molecule has 1 aliphatic heterocycles. The zero-order valence-corrected chi connectivity index (χ0v) is 13.2. The Kier molecular flexibility index (Phi) is 4.49. The maximum absolute atomic E-state index is 13.0. The van der Waals surface area contributed by atoms with Crippen molar-refractivity contribution in [2.45, 2.75) is 31.1 Å². The van der Waals surface area contributed by atoms with Crippen LogP contribution in [0.4, 0.5) is 13.2 Å². The van der Waals surface area contributed by atoms with Crippen LogP contribution in [0.25, 0.3) is 5.69 Å². The minimum absolute atomic E-state index is 0.0197. The van der Waals surface area contributed by atoms with Gasteiger partial charge >= 0.3 is 6.18 Å². The van der Waals surface area contributed by atoms with Crippen molar-refractivity contribution in [3.8, 4) is 23.9 Å². The number of alkyl halides is 3. The molecule has 2 heterocycles. The summed E-state index contributed by atoms with van der Waals surface area (Å²) in [5.74, 6) is 2.54. The van der Waals surface area contributed by atoms with E-state index in [9.17, 15) is 13.2 Å². The third-order valence-corrected chi connectivity index (χ3v) is 3.77. The molecular formula is C17H15F3N4O. The molecule has 2 aromatic rings. The maximum atomic E-state index is 13.0. The van der Waals surface area contributed by atoms with Crippen molar-refractivity contribution in [2.75, 3.05) is 6.61 Å². The molecule has 0 aliphatic carbocycles. The number of ether oxygens (including phenoxy) is 1. The second kappa shape index (κ2) is 6.59. The van der Waals surface area contributed by atoms with E-state index >= 15 is 0 Å². The summed E-state index contributed by atoms with van der Waals surface area (Å²) < 4.78 is 45.6. The van der Waals surface area contributed by atoms with Crippen molar-refractivity contribution in [1.82, 2.24) is 9.78 Å². The quantitative estimate of drug-likeness (QED) is 0.703. The van der Waals surface area contributed by atoms with Gasteiger partial charge in [0.15, 0.2) is 11.4 Å². The van der Waals surface area contributed by atoms with Gasteiger partial charge in [-0.1, -0.05) is 18.2 Å². The first-order valence-electron chi connectivity index (χ1n) is 7.67. The minimum Gasteiger partial charge on any atom is -0.477 e. The summed E-state index contributed by atoms with van der Waals surface area (Å²) in [6, 6.07) is 9.39. The topological polar surface area (TPSA) is 51.8 Å². The molecular weight excluding hydrogens is 333 g/mol. The number of rotatable bonds is 7. The van der Waals surface area contributed by atoms with Crippen LogP contribution >= 0.6 is 0 Å². The van der Waals surface area contributed by atoms with E-state index < -0.39 is 17.5 Å². The third kappa shape index (κ3) is 3.99. The van der Waals surface area contributed by atoms with E-state index in [4.69, 9.17) is 11.2 Å². The Bertz CT molecular complexity index is 800. The summed E-state index contributed by atoms with van der Waals surface area (Å²) in [5.41, 5.74) is -1.07. The molecule has 0 unspecified atom stereocenters. The second-order valence-electron chi connectivity index (χ2n) is 5.60. The summed E-state index contributed by atoms with van der Waals surface area (Å²) in [4.78, 5) is 0. The lowest BCUT2D eigenvalue weighted by Crippen LogP contribution is -2.16. The van der Waals surface area contributed by atoms with Crippen molar-refractivity contribution in [3.05, 3.63) is 42.1 Å². The first kappa shape index (κ1) is 17.0. The number of halogens is 3. The van der Waals surface area contributed by atoms with Crippen molar-refractivity contribution >= 4 is 0 Å². The lowest BCUT2D eigenvalue weighted by Gasteiger charge is -2.11. The fourth-order valence-corrected chi connectivity index (χ4v) is 2.35. The van der Waals surface area contributed by atoms with Gasteiger partial charge in [-0.05, 0) is 12.1 Å². The van der Waals surface area contributed by atoms with E-state index in [-0.39, 0.29) is 12.5 Å². The van der Waals surface area contributed by atoms with Gasteiger partial charge in [0.05, 0.1) is 12.3 Å². The van der Waals surface area contributed by atoms with Crippen molar-refractivity contribution in [1.29, 1.82) is 0 Å². The van der Waals surface area contributed by atoms with E-state index in [0.29, 0.717) is 24.9 Å². The van der Waals surface area contributed by atoms with Crippen molar-refractivity contribution in [3.63, 3.8) is 0 Å². The van der Waals surface area contributed by atoms with E-state index in [1.54, 1.807) is 30.3 Å². The highest BCUT2D eigenvalue weighted by atomic mass is 19.4. The highest BCUT2D eigenvalue weighted by molar-refractivity contribution is 5.36. The third-order valence-electron chi connectivity index (χ3n) is 3.77. The average Bonchev–Trinajstić information content (AvgIpc) is 3.21. The minimum atomic E-state index is -4.55. The summed E-state index contributed by atoms with van der Waals surface area (Å²) >= 11 is 0. The zero-order chi connectivity index (χ0) is 17.9. The van der Waals surface area contributed by atoms with Crippen molar-refractivity contribution < 1.29 is 17.9 Å². The average molecular weight is 348 g/mol. The zero-order valence-electron chi connectivity index (χ0n) is 13.2. The van der Waals surface area contributed by atoms with Crippen LogP contribution in [0.3, 0.4) is 0 Å². The second-order valence-corrected chi connectivity index (χ2v) is 5.60. The Hall–Kier alpha value is -2.82. The number of aromatic nitrogens is 2. The molecule has 0 amide bonds. The van der Waals surface area contributed by atoms with Gasteiger partial charge < -0.3 is 4.74 Å². The predicted molar refractivity (Wildman–Crippen MR) is 84.3 cm³/mol. The molecule has 1 aromatic carbocycles. The Morgan fingerprint density at radius 2 is 1.88 bits per heavy atom. The van der Waals surface area contributed by atoms with E-state index in [1.807, 2.05) is 0 Å². The number of nitrogens with zero attached hydrogens (tertiary/aromatic N) is 4. The van der Waals surface area contributed by atoms with Gasteiger partial charge in [0.25, 0.3) is 0 Å². The molecule has 5 nitrogen and oxygen atoms in total. The Morgan fingerprint density at radius 1 is 1.16 bits per heavy atom. The van der Waals surface area contributed by atoms with E-state index in [1.165, 1.54) is 0 Å². The Balaban J connectivity index is 1.74. The molecule has 0 fully saturated rings. The summed E-state index contributed by atoms with van der Waals surface area (Å²) in [5, 5.41) is 11.6. The fourth-order valence-electron chi connectivity index (χ4n) is 2.35. The van der Waals surface area contributed by atoms with Crippen LogP contribution in [0.1, 0.15) is 25.0 Å². The molecule has 0 spiro atoms. The van der Waals surface area contributed by atoms with Crippen LogP contribution in [0.5, 0.6) is 5.88 Å². The number of terminal acetylenes is 1. The van der Waals surface area contributed by atoms with Gasteiger partial charge in [0, 0.05) is 25.3 Å². The number of para-hydroxylation sites is 1. The van der Waals surface area contributed by atoms with Crippen LogP contribution in [0.2, 0.25) is 0 Å². The standard InChI is InChI=1S/C17H15F3N4O/c1-2-3-9-16(22-23-16)10-11-25-15-12-14(17(18,19)20)21-24(15)13-7-5-4-6-8-13/h1,4-8,12H,3,9-11H2. The molecule has 0 atom stereocenters. The smallest absolute Gasteiger partial charge is 0.435 e. The van der Waals surface area contributed by atoms with Crippen LogP contribution in [0, 0.1) is 12.3 Å². The molecule has 3 rings (SSSR count). The molecule has 0 saturated carbocycles. The number of benzene rings is 1. The van der Waals surface area contributed by atoms with Gasteiger partial charge in [-0.2, -0.15) is 28.5 Å². The number of hydrogen-bond acceptors (Lipinski definition) is 4. The monoisotopic (exact) mass is 348 g/mol. The largest absolute Gasteiger partial charge is 0.477 e. The molecule has 0 bridgehead atoms. The Morgan fingerprint density at radius 3 is 2.48 bits per heavy atom. The van der Waals surface area contributed by atoms with Gasteiger partial charge in [-0.3, -0.25) is 0 Å². The number of hydrogen-bond donors (Lipinski definition) is 0. The first-order chi connectivity index (χ1) is 11.9. The normalized spacial score (nSPS) is 15.0. The maximum Gasteiger partial charge on any atom is 0.435 e. The molecule has 0 radical (unpaired) electrons. The lowest BCUT2D eigenvalue weighted by molar-refractivity contribution is -0.141. The summed E-state index contributed by atoms with van der Waals surface area (Å²) in [7, 11) is 0. The van der Waals surface area contributed by atoms with Crippen LogP contribution in [0.15, 0.2) is 46.6 Å². The molecule has 25 heavy (non-hydrogen) atoms. The SMILES string of the molecule is C#CCCC1(CCOc2cc(C(F)(F)F)nn2-c2ccccc2)N=N1. The van der Waals surface area contributed by atoms with Gasteiger partial charge in [0.1, 0.15) is 0 Å². The summed E-state index contributed by atoms with van der Waals surface area (Å²) in [6.45, 7) is 0.160. The first-order valence-corrected chi connectivity index (χ1v) is 7.67. The highest BCUT2D eigenvalue weighted by Gasteiger charge is 2.39. The molecule has 8 heteroatoms. The van der Waals surface area contributed by atoms with Crippen LogP contribution in [-0.2, 0) is 6.18 Å².